The fraction of sp³-hybridized carbons (Fsp3) is 0.200. The fourth-order valence-electron chi connectivity index (χ4n) is 8.17. The Morgan fingerprint density at radius 3 is 0.981 bits per heavy atom. The molecule has 6 aromatic rings. The summed E-state index contributed by atoms with van der Waals surface area (Å²) in [5.41, 5.74) is 7.30. The summed E-state index contributed by atoms with van der Waals surface area (Å²) < 4.78 is 0. The van der Waals surface area contributed by atoms with E-state index in [1.807, 2.05) is 0 Å². The maximum atomic E-state index is 6.02. The zero-order chi connectivity index (χ0) is 37.6. The Kier molecular flexibility index (Phi) is 8.73. The van der Waals surface area contributed by atoms with Crippen molar-refractivity contribution in [2.75, 3.05) is 0 Å². The lowest BCUT2D eigenvalue weighted by Crippen LogP contribution is -2.55. The molecule has 0 bridgehead atoms. The van der Waals surface area contributed by atoms with Crippen molar-refractivity contribution in [3.05, 3.63) is 214 Å². The topological polar surface area (TPSA) is 49.4 Å². The maximum absolute atomic E-state index is 6.02. The Labute approximate surface area is 319 Å². The van der Waals surface area contributed by atoms with Gasteiger partial charge in [0.1, 0.15) is 0 Å². The van der Waals surface area contributed by atoms with Crippen LogP contribution in [-0.4, -0.2) is 23.1 Å². The van der Waals surface area contributed by atoms with Gasteiger partial charge in [0.25, 0.3) is 0 Å². The van der Waals surface area contributed by atoms with Crippen LogP contribution in [0.1, 0.15) is 86.1 Å². The number of hydrogen-bond acceptors (Lipinski definition) is 4. The van der Waals surface area contributed by atoms with Crippen LogP contribution in [0.4, 0.5) is 0 Å². The van der Waals surface area contributed by atoms with E-state index in [9.17, 15) is 0 Å². The van der Waals surface area contributed by atoms with Crippen LogP contribution in [-0.2, 0) is 21.9 Å². The van der Waals surface area contributed by atoms with Crippen LogP contribution in [0, 0.1) is 0 Å². The highest BCUT2D eigenvalue weighted by Gasteiger charge is 2.64. The van der Waals surface area contributed by atoms with Crippen LogP contribution < -0.4 is 0 Å². The summed E-state index contributed by atoms with van der Waals surface area (Å²) in [6.07, 6.45) is 0. The van der Waals surface area contributed by atoms with Gasteiger partial charge in [-0.3, -0.25) is 0 Å². The number of amidine groups is 2. The highest BCUT2D eigenvalue weighted by atomic mass is 15.2. The Morgan fingerprint density at radius 2 is 0.648 bits per heavy atom. The van der Waals surface area contributed by atoms with E-state index in [2.05, 4.69) is 211 Å². The van der Waals surface area contributed by atoms with Crippen molar-refractivity contribution >= 4 is 23.1 Å². The van der Waals surface area contributed by atoms with Crippen molar-refractivity contribution < 1.29 is 0 Å². The SMILES string of the molecule is CC(C)(C)c1ccccc1C1=N[C@@](c2ccccc2)([C@]2(c3ccccc3)N=C(c3ccccc3C(C)(C)C)N=C2c2ccccc2)C(c2ccccc2)=N1. The molecule has 0 saturated heterocycles. The van der Waals surface area contributed by atoms with Gasteiger partial charge in [0.05, 0.1) is 11.4 Å². The van der Waals surface area contributed by atoms with Crippen molar-refractivity contribution in [3.63, 3.8) is 0 Å². The van der Waals surface area contributed by atoms with Gasteiger partial charge in [-0.2, -0.15) is 0 Å². The van der Waals surface area contributed by atoms with Gasteiger partial charge in [-0.05, 0) is 44.2 Å². The molecule has 2 heterocycles. The zero-order valence-electron chi connectivity index (χ0n) is 32.0. The minimum absolute atomic E-state index is 0.150. The third kappa shape index (κ3) is 5.78. The third-order valence-corrected chi connectivity index (χ3v) is 10.6. The predicted molar refractivity (Wildman–Crippen MR) is 226 cm³/mol. The fourth-order valence-corrected chi connectivity index (χ4v) is 8.17. The molecule has 4 heteroatoms. The molecule has 0 aromatic heterocycles. The second-order valence-electron chi connectivity index (χ2n) is 16.3. The first-order valence-corrected chi connectivity index (χ1v) is 18.8. The van der Waals surface area contributed by atoms with Gasteiger partial charge in [-0.15, -0.1) is 0 Å². The minimum Gasteiger partial charge on any atom is -0.245 e. The van der Waals surface area contributed by atoms with E-state index in [1.165, 1.54) is 11.1 Å². The van der Waals surface area contributed by atoms with Crippen molar-refractivity contribution in [1.82, 2.24) is 0 Å². The van der Waals surface area contributed by atoms with Crippen LogP contribution in [0.5, 0.6) is 0 Å². The van der Waals surface area contributed by atoms with Gasteiger partial charge in [0, 0.05) is 11.1 Å². The minimum atomic E-state index is -1.19. The van der Waals surface area contributed by atoms with Gasteiger partial charge in [0.15, 0.2) is 22.7 Å². The van der Waals surface area contributed by atoms with Gasteiger partial charge < -0.3 is 0 Å². The summed E-state index contributed by atoms with van der Waals surface area (Å²) >= 11 is 0. The first kappa shape index (κ1) is 35.1. The average Bonchev–Trinajstić information content (AvgIpc) is 3.81. The number of rotatable bonds is 7. The maximum Gasteiger partial charge on any atom is 0.165 e. The molecule has 0 N–H and O–H groups in total. The van der Waals surface area contributed by atoms with E-state index >= 15 is 0 Å². The molecule has 2 aliphatic heterocycles. The quantitative estimate of drug-likeness (QED) is 0.159. The number of hydrogen-bond donors (Lipinski definition) is 0. The molecular formula is C50H46N4. The van der Waals surface area contributed by atoms with Gasteiger partial charge >= 0.3 is 0 Å². The Balaban J connectivity index is 1.58. The molecule has 266 valence electrons. The summed E-state index contributed by atoms with van der Waals surface area (Å²) in [4.78, 5) is 23.4. The molecule has 2 atom stereocenters. The van der Waals surface area contributed by atoms with Crippen LogP contribution in [0.25, 0.3) is 0 Å². The van der Waals surface area contributed by atoms with Crippen molar-refractivity contribution in [3.8, 4) is 0 Å². The smallest absolute Gasteiger partial charge is 0.165 e. The van der Waals surface area contributed by atoms with Crippen LogP contribution in [0.3, 0.4) is 0 Å². The van der Waals surface area contributed by atoms with E-state index in [0.717, 1.165) is 44.8 Å². The highest BCUT2D eigenvalue weighted by molar-refractivity contribution is 6.29. The first-order valence-electron chi connectivity index (χ1n) is 18.8. The largest absolute Gasteiger partial charge is 0.245 e. The number of aliphatic imine (C=N–C) groups is 4. The lowest BCUT2D eigenvalue weighted by atomic mass is 9.62. The van der Waals surface area contributed by atoms with Crippen molar-refractivity contribution in [2.45, 2.75) is 63.5 Å². The molecule has 0 radical (unpaired) electrons. The van der Waals surface area contributed by atoms with Crippen molar-refractivity contribution in [2.24, 2.45) is 20.0 Å². The summed E-state index contributed by atoms with van der Waals surface area (Å²) in [5.74, 6) is 1.37. The molecule has 54 heavy (non-hydrogen) atoms. The van der Waals surface area contributed by atoms with Crippen molar-refractivity contribution in [1.29, 1.82) is 0 Å². The summed E-state index contributed by atoms with van der Waals surface area (Å²) in [6, 6.07) is 59.4. The molecule has 0 fully saturated rings. The Morgan fingerprint density at radius 1 is 0.352 bits per heavy atom. The molecule has 0 saturated carbocycles. The standard InChI is InChI=1S/C50H46N4/c1-47(2,3)41-33-21-19-31-39(41)45-51-43(35-23-11-7-12-24-35)49(53-45,37-27-15-9-16-28-37)50(38-29-17-10-18-30-38)44(36-25-13-8-14-26-36)52-46(54-50)40-32-20-22-34-42(40)48(4,5)6/h7-34H,1-6H3/t49-,50-/m1/s1. The van der Waals surface area contributed by atoms with E-state index in [1.54, 1.807) is 0 Å². The second kappa shape index (κ2) is 13.4. The zero-order valence-corrected chi connectivity index (χ0v) is 32.0. The van der Waals surface area contributed by atoms with Gasteiger partial charge in [-0.25, -0.2) is 20.0 Å². The molecule has 4 nitrogen and oxygen atoms in total. The first-order chi connectivity index (χ1) is 26.0. The molecule has 0 amide bonds. The summed E-state index contributed by atoms with van der Waals surface area (Å²) in [5, 5.41) is 0. The van der Waals surface area contributed by atoms with Crippen LogP contribution >= 0.6 is 0 Å². The normalized spacial score (nSPS) is 19.9. The Hall–Kier alpha value is -6.00. The number of nitrogens with zero attached hydrogens (tertiary/aromatic N) is 4. The van der Waals surface area contributed by atoms with Crippen LogP contribution in [0.15, 0.2) is 190 Å². The molecule has 6 aromatic carbocycles. The predicted octanol–water partition coefficient (Wildman–Crippen LogP) is 11.3. The monoisotopic (exact) mass is 702 g/mol. The summed E-state index contributed by atoms with van der Waals surface area (Å²) in [7, 11) is 0. The highest BCUT2D eigenvalue weighted by Crippen LogP contribution is 2.56. The molecule has 8 rings (SSSR count). The summed E-state index contributed by atoms with van der Waals surface area (Å²) in [6.45, 7) is 13.5. The average molecular weight is 703 g/mol. The molecule has 0 aliphatic carbocycles. The number of benzene rings is 6. The van der Waals surface area contributed by atoms with E-state index < -0.39 is 11.1 Å². The molecule has 0 spiro atoms. The Bertz CT molecular complexity index is 2260. The molecular weight excluding hydrogens is 657 g/mol. The third-order valence-electron chi connectivity index (χ3n) is 10.6. The van der Waals surface area contributed by atoms with E-state index in [4.69, 9.17) is 20.0 Å². The van der Waals surface area contributed by atoms with E-state index in [-0.39, 0.29) is 10.8 Å². The molecule has 0 unspecified atom stereocenters. The lowest BCUT2D eigenvalue weighted by molar-refractivity contribution is 0.420. The van der Waals surface area contributed by atoms with Crippen LogP contribution in [0.2, 0.25) is 0 Å². The second-order valence-corrected chi connectivity index (χ2v) is 16.3. The lowest BCUT2D eigenvalue weighted by Gasteiger charge is -2.44. The molecule has 2 aliphatic rings. The van der Waals surface area contributed by atoms with Gasteiger partial charge in [0.2, 0.25) is 0 Å². The van der Waals surface area contributed by atoms with E-state index in [0.29, 0.717) is 11.7 Å². The van der Waals surface area contributed by atoms with Gasteiger partial charge in [-0.1, -0.05) is 211 Å².